The highest BCUT2D eigenvalue weighted by molar-refractivity contribution is 5.86. The maximum Gasteiger partial charge on any atom is 0.333 e. The van der Waals surface area contributed by atoms with Crippen LogP contribution in [0.1, 0.15) is 71.8 Å². The standard InChI is InChI=1S/C29H38O6/c1-18-20-12-15-29(33)26(2,3)14-13-23(34-24(30)11-10-19-8-6-5-7-9-19)27(29,4)22(20)17-28(32)21(18)16-25(31)35-28/h5-9,16,18,20,22-23,32-33H,10-15,17H2,1-4H3/t18-,20+,22+,23+,27+,28-,29-/m1/s1. The second-order valence-electron chi connectivity index (χ2n) is 12.1. The molecule has 0 unspecified atom stereocenters. The first kappa shape index (κ1) is 24.5. The molecule has 3 aliphatic carbocycles. The Labute approximate surface area is 207 Å². The van der Waals surface area contributed by atoms with Crippen LogP contribution >= 0.6 is 0 Å². The molecule has 0 bridgehead atoms. The molecular formula is C29H38O6. The Kier molecular flexibility index (Phi) is 5.72. The number of aryl methyl sites for hydroxylation is 1. The molecule has 0 saturated heterocycles. The third kappa shape index (κ3) is 3.59. The van der Waals surface area contributed by atoms with E-state index in [1.54, 1.807) is 0 Å². The van der Waals surface area contributed by atoms with Gasteiger partial charge in [0.15, 0.2) is 0 Å². The van der Waals surface area contributed by atoms with Gasteiger partial charge in [-0.2, -0.15) is 0 Å². The van der Waals surface area contributed by atoms with Gasteiger partial charge in [0, 0.05) is 29.9 Å². The van der Waals surface area contributed by atoms with Crippen LogP contribution < -0.4 is 0 Å². The number of carbonyl (C=O) groups excluding carboxylic acids is 2. The number of hydrogen-bond donors (Lipinski definition) is 2. The number of hydrogen-bond acceptors (Lipinski definition) is 6. The SMILES string of the molecule is C[C@H]1C2=CC(=O)O[C@]2(O)C[C@H]2[C@H]1CC[C@@]1(O)C(C)(C)CC[C@H](OC(=O)CCc3ccccc3)[C@]21C. The highest BCUT2D eigenvalue weighted by atomic mass is 16.7. The monoisotopic (exact) mass is 482 g/mol. The Hall–Kier alpha value is -2.18. The topological polar surface area (TPSA) is 93.1 Å². The maximum atomic E-state index is 13.0. The number of ether oxygens (including phenoxy) is 2. The van der Waals surface area contributed by atoms with Crippen molar-refractivity contribution in [2.75, 3.05) is 0 Å². The number of benzene rings is 1. The van der Waals surface area contributed by atoms with Crippen molar-refractivity contribution < 1.29 is 29.3 Å². The van der Waals surface area contributed by atoms with Gasteiger partial charge in [-0.15, -0.1) is 0 Å². The molecule has 5 rings (SSSR count). The molecule has 190 valence electrons. The van der Waals surface area contributed by atoms with E-state index in [2.05, 4.69) is 13.8 Å². The molecule has 35 heavy (non-hydrogen) atoms. The van der Waals surface area contributed by atoms with Crippen molar-refractivity contribution in [2.45, 2.75) is 90.1 Å². The predicted molar refractivity (Wildman–Crippen MR) is 130 cm³/mol. The van der Waals surface area contributed by atoms with E-state index in [-0.39, 0.29) is 42.0 Å². The zero-order valence-electron chi connectivity index (χ0n) is 21.3. The third-order valence-electron chi connectivity index (χ3n) is 10.2. The molecule has 0 aromatic heterocycles. The van der Waals surface area contributed by atoms with Gasteiger partial charge in [0.2, 0.25) is 5.79 Å². The van der Waals surface area contributed by atoms with Crippen molar-refractivity contribution in [3.8, 4) is 0 Å². The molecule has 1 aromatic rings. The summed E-state index contributed by atoms with van der Waals surface area (Å²) in [5, 5.41) is 23.8. The van der Waals surface area contributed by atoms with E-state index in [1.807, 2.05) is 44.2 Å². The highest BCUT2D eigenvalue weighted by Crippen LogP contribution is 2.68. The first-order valence-corrected chi connectivity index (χ1v) is 13.0. The Bertz CT molecular complexity index is 1050. The lowest BCUT2D eigenvalue weighted by Gasteiger charge is -2.68. The van der Waals surface area contributed by atoms with Crippen LogP contribution in [-0.2, 0) is 25.5 Å². The zero-order valence-corrected chi connectivity index (χ0v) is 21.3. The van der Waals surface area contributed by atoms with Gasteiger partial charge in [-0.3, -0.25) is 4.79 Å². The molecule has 2 N–H and O–H groups in total. The molecule has 6 heteroatoms. The van der Waals surface area contributed by atoms with Crippen molar-refractivity contribution in [1.29, 1.82) is 0 Å². The summed E-state index contributed by atoms with van der Waals surface area (Å²) >= 11 is 0. The Morgan fingerprint density at radius 1 is 1.11 bits per heavy atom. The lowest BCUT2D eigenvalue weighted by Crippen LogP contribution is -2.72. The van der Waals surface area contributed by atoms with Crippen molar-refractivity contribution in [1.82, 2.24) is 0 Å². The Morgan fingerprint density at radius 2 is 1.83 bits per heavy atom. The smallest absolute Gasteiger partial charge is 0.333 e. The summed E-state index contributed by atoms with van der Waals surface area (Å²) in [7, 11) is 0. The minimum atomic E-state index is -1.65. The van der Waals surface area contributed by atoms with Crippen LogP contribution in [0.25, 0.3) is 0 Å². The molecule has 4 aliphatic rings. The van der Waals surface area contributed by atoms with Crippen LogP contribution in [0.3, 0.4) is 0 Å². The summed E-state index contributed by atoms with van der Waals surface area (Å²) in [6.45, 7) is 8.28. The van der Waals surface area contributed by atoms with Crippen LogP contribution in [0.2, 0.25) is 0 Å². The molecule has 0 spiro atoms. The van der Waals surface area contributed by atoms with Crippen LogP contribution in [0.15, 0.2) is 42.0 Å². The van der Waals surface area contributed by atoms with Crippen LogP contribution in [0.4, 0.5) is 0 Å². The van der Waals surface area contributed by atoms with E-state index >= 15 is 0 Å². The van der Waals surface area contributed by atoms with Crippen molar-refractivity contribution in [3.63, 3.8) is 0 Å². The average Bonchev–Trinajstić information content (AvgIpc) is 3.12. The Morgan fingerprint density at radius 3 is 2.54 bits per heavy atom. The van der Waals surface area contributed by atoms with Gasteiger partial charge in [-0.05, 0) is 60.8 Å². The zero-order chi connectivity index (χ0) is 25.2. The summed E-state index contributed by atoms with van der Waals surface area (Å²) in [6.07, 6.45) is 4.84. The first-order valence-electron chi connectivity index (χ1n) is 13.0. The minimum absolute atomic E-state index is 0.0638. The van der Waals surface area contributed by atoms with Crippen LogP contribution in [-0.4, -0.2) is 39.6 Å². The molecule has 0 radical (unpaired) electrons. The first-order chi connectivity index (χ1) is 16.4. The molecule has 1 heterocycles. The van der Waals surface area contributed by atoms with Gasteiger partial charge >= 0.3 is 11.9 Å². The largest absolute Gasteiger partial charge is 0.462 e. The van der Waals surface area contributed by atoms with Gasteiger partial charge in [0.25, 0.3) is 0 Å². The van der Waals surface area contributed by atoms with Gasteiger partial charge in [0.1, 0.15) is 6.10 Å². The average molecular weight is 483 g/mol. The van der Waals surface area contributed by atoms with Gasteiger partial charge in [-0.25, -0.2) is 4.79 Å². The number of carbonyl (C=O) groups is 2. The molecule has 1 aromatic carbocycles. The summed E-state index contributed by atoms with van der Waals surface area (Å²) in [5.74, 6) is -2.51. The molecular weight excluding hydrogens is 444 g/mol. The van der Waals surface area contributed by atoms with E-state index in [9.17, 15) is 19.8 Å². The molecule has 3 fully saturated rings. The lowest BCUT2D eigenvalue weighted by atomic mass is 9.40. The normalized spacial score (nSPS) is 41.7. The molecule has 3 saturated carbocycles. The van der Waals surface area contributed by atoms with Crippen molar-refractivity contribution in [3.05, 3.63) is 47.5 Å². The van der Waals surface area contributed by atoms with Crippen molar-refractivity contribution in [2.24, 2.45) is 28.6 Å². The summed E-state index contributed by atoms with van der Waals surface area (Å²) < 4.78 is 11.6. The summed E-state index contributed by atoms with van der Waals surface area (Å²) in [6, 6.07) is 9.87. The molecule has 7 atom stereocenters. The fourth-order valence-corrected chi connectivity index (χ4v) is 8.09. The van der Waals surface area contributed by atoms with Gasteiger partial charge in [0.05, 0.1) is 5.60 Å². The van der Waals surface area contributed by atoms with E-state index in [1.165, 1.54) is 6.08 Å². The van der Waals surface area contributed by atoms with Crippen LogP contribution in [0, 0.1) is 28.6 Å². The second-order valence-corrected chi connectivity index (χ2v) is 12.1. The van der Waals surface area contributed by atoms with E-state index in [4.69, 9.17) is 9.47 Å². The number of fused-ring (bicyclic) bond motifs is 4. The fraction of sp³-hybridized carbons (Fsp3) is 0.655. The number of rotatable bonds is 4. The number of aliphatic hydroxyl groups is 2. The quantitative estimate of drug-likeness (QED) is 0.621. The fourth-order valence-electron chi connectivity index (χ4n) is 8.09. The molecule has 0 amide bonds. The summed E-state index contributed by atoms with van der Waals surface area (Å²) in [5.41, 5.74) is -0.521. The lowest BCUT2D eigenvalue weighted by molar-refractivity contribution is -0.299. The van der Waals surface area contributed by atoms with E-state index < -0.39 is 28.9 Å². The third-order valence-corrected chi connectivity index (χ3v) is 10.2. The second kappa shape index (κ2) is 8.17. The van der Waals surface area contributed by atoms with Gasteiger partial charge < -0.3 is 19.7 Å². The van der Waals surface area contributed by atoms with E-state index in [0.717, 1.165) is 18.4 Å². The molecule has 1 aliphatic heterocycles. The Balaban J connectivity index is 1.46. The van der Waals surface area contributed by atoms with Crippen molar-refractivity contribution >= 4 is 11.9 Å². The minimum Gasteiger partial charge on any atom is -0.462 e. The summed E-state index contributed by atoms with van der Waals surface area (Å²) in [4.78, 5) is 25.2. The number of esters is 2. The van der Waals surface area contributed by atoms with E-state index in [0.29, 0.717) is 24.8 Å². The maximum absolute atomic E-state index is 13.0. The predicted octanol–water partition coefficient (Wildman–Crippen LogP) is 4.33. The highest BCUT2D eigenvalue weighted by Gasteiger charge is 2.71. The van der Waals surface area contributed by atoms with Crippen LogP contribution in [0.5, 0.6) is 0 Å². The molecule has 6 nitrogen and oxygen atoms in total. The van der Waals surface area contributed by atoms with Gasteiger partial charge in [-0.1, -0.05) is 58.0 Å².